The highest BCUT2D eigenvalue weighted by Crippen LogP contribution is 2.39. The average Bonchev–Trinajstić information content (AvgIpc) is 3.05. The Morgan fingerprint density at radius 3 is 2.57 bits per heavy atom. The zero-order valence-electron chi connectivity index (χ0n) is 12.5. The van der Waals surface area contributed by atoms with Gasteiger partial charge in [0.05, 0.1) is 0 Å². The molecule has 2 aliphatic rings. The first kappa shape index (κ1) is 13.1. The molecule has 0 amide bonds. The molecule has 1 fully saturated rings. The van der Waals surface area contributed by atoms with Crippen LogP contribution in [0.4, 0.5) is 0 Å². The van der Waals surface area contributed by atoms with Gasteiger partial charge in [-0.1, -0.05) is 54.6 Å². The van der Waals surface area contributed by atoms with Crippen LogP contribution < -0.4 is 0 Å². The molecule has 1 aliphatic heterocycles. The van der Waals surface area contributed by atoms with Crippen molar-refractivity contribution in [1.82, 2.24) is 4.90 Å². The number of fused-ring (bicyclic) bond motifs is 1. The first-order valence-corrected chi connectivity index (χ1v) is 8.28. The number of nitrogens with zero attached hydrogens (tertiary/aromatic N) is 1. The fourth-order valence-corrected chi connectivity index (χ4v) is 4.18. The summed E-state index contributed by atoms with van der Waals surface area (Å²) in [6, 6.07) is 20.8. The lowest BCUT2D eigenvalue weighted by Crippen LogP contribution is -2.29. The highest BCUT2D eigenvalue weighted by molar-refractivity contribution is 5.33. The van der Waals surface area contributed by atoms with Crippen molar-refractivity contribution >= 4 is 0 Å². The predicted molar refractivity (Wildman–Crippen MR) is 87.5 cm³/mol. The molecule has 0 saturated carbocycles. The Morgan fingerprint density at radius 1 is 0.857 bits per heavy atom. The maximum atomic E-state index is 2.73. The largest absolute Gasteiger partial charge is 0.296 e. The molecule has 0 radical (unpaired) electrons. The maximum absolute atomic E-state index is 2.73. The quantitative estimate of drug-likeness (QED) is 0.778. The van der Waals surface area contributed by atoms with Crippen LogP contribution in [0.3, 0.4) is 0 Å². The predicted octanol–water partition coefficient (Wildman–Crippen LogP) is 4.55. The van der Waals surface area contributed by atoms with Gasteiger partial charge in [-0.3, -0.25) is 4.90 Å². The van der Waals surface area contributed by atoms with Crippen LogP contribution in [-0.2, 0) is 6.42 Å². The molecule has 2 aromatic rings. The van der Waals surface area contributed by atoms with Crippen LogP contribution in [0.1, 0.15) is 47.9 Å². The Morgan fingerprint density at radius 2 is 1.67 bits per heavy atom. The van der Waals surface area contributed by atoms with E-state index in [4.69, 9.17) is 0 Å². The van der Waals surface area contributed by atoms with Crippen LogP contribution in [-0.4, -0.2) is 18.0 Å². The van der Waals surface area contributed by atoms with Gasteiger partial charge in [0.2, 0.25) is 0 Å². The van der Waals surface area contributed by atoms with Crippen molar-refractivity contribution in [3.05, 3.63) is 71.3 Å². The summed E-state index contributed by atoms with van der Waals surface area (Å²) in [6.07, 6.45) is 5.25. The van der Waals surface area contributed by atoms with E-state index >= 15 is 0 Å². The Kier molecular flexibility index (Phi) is 3.52. The van der Waals surface area contributed by atoms with Gasteiger partial charge < -0.3 is 0 Å². The third kappa shape index (κ3) is 2.51. The minimum atomic E-state index is 0.656. The van der Waals surface area contributed by atoms with Crippen LogP contribution in [0.2, 0.25) is 0 Å². The fourth-order valence-electron chi connectivity index (χ4n) is 4.18. The lowest BCUT2D eigenvalue weighted by molar-refractivity contribution is 0.219. The molecule has 0 N–H and O–H groups in total. The molecule has 1 nitrogen and oxygen atoms in total. The second kappa shape index (κ2) is 5.65. The number of benzene rings is 2. The van der Waals surface area contributed by atoms with E-state index < -0.39 is 0 Å². The number of rotatable bonds is 2. The van der Waals surface area contributed by atoms with Gasteiger partial charge in [-0.25, -0.2) is 0 Å². The second-order valence-corrected chi connectivity index (χ2v) is 6.50. The lowest BCUT2D eigenvalue weighted by Gasteiger charge is -2.33. The van der Waals surface area contributed by atoms with Gasteiger partial charge in [0.1, 0.15) is 0 Å². The summed E-state index contributed by atoms with van der Waals surface area (Å²) in [7, 11) is 0. The molecular formula is C20H23N. The van der Waals surface area contributed by atoms with E-state index in [1.165, 1.54) is 44.3 Å². The van der Waals surface area contributed by atoms with Gasteiger partial charge >= 0.3 is 0 Å². The molecule has 0 aromatic heterocycles. The molecule has 108 valence electrons. The average molecular weight is 277 g/mol. The zero-order valence-corrected chi connectivity index (χ0v) is 12.5. The van der Waals surface area contributed by atoms with Gasteiger partial charge in [-0.15, -0.1) is 0 Å². The SMILES string of the molecule is c1ccc([C@@H]2CCN([C@@H]3CCCc4ccccc43)C2)cc1. The van der Waals surface area contributed by atoms with Crippen molar-refractivity contribution in [1.29, 1.82) is 0 Å². The highest BCUT2D eigenvalue weighted by Gasteiger charge is 2.31. The van der Waals surface area contributed by atoms with E-state index in [1.807, 2.05) is 0 Å². The molecule has 0 unspecified atom stereocenters. The van der Waals surface area contributed by atoms with E-state index in [9.17, 15) is 0 Å². The molecule has 2 aromatic carbocycles. The van der Waals surface area contributed by atoms with Crippen molar-refractivity contribution in [3.8, 4) is 0 Å². The third-order valence-corrected chi connectivity index (χ3v) is 5.27. The Hall–Kier alpha value is -1.60. The number of likely N-dealkylation sites (tertiary alicyclic amines) is 1. The smallest absolute Gasteiger partial charge is 0.0351 e. The Bertz CT molecular complexity index is 604. The van der Waals surface area contributed by atoms with E-state index in [0.717, 1.165) is 5.92 Å². The van der Waals surface area contributed by atoms with E-state index in [2.05, 4.69) is 59.5 Å². The molecule has 1 heteroatoms. The number of aryl methyl sites for hydroxylation is 1. The standard InChI is InChI=1S/C20H23N/c1-2-7-16(8-3-1)18-13-14-21(15-18)20-12-6-10-17-9-4-5-11-19(17)20/h1-5,7-9,11,18,20H,6,10,12-15H2/t18-,20-/m1/s1. The second-order valence-electron chi connectivity index (χ2n) is 6.50. The fraction of sp³-hybridized carbons (Fsp3) is 0.400. The van der Waals surface area contributed by atoms with Crippen LogP contribution >= 0.6 is 0 Å². The summed E-state index contributed by atoms with van der Waals surface area (Å²) in [4.78, 5) is 2.73. The summed E-state index contributed by atoms with van der Waals surface area (Å²) < 4.78 is 0. The molecule has 1 saturated heterocycles. The Balaban J connectivity index is 1.54. The summed E-state index contributed by atoms with van der Waals surface area (Å²) >= 11 is 0. The molecular weight excluding hydrogens is 254 g/mol. The molecule has 1 aliphatic carbocycles. The van der Waals surface area contributed by atoms with Crippen molar-refractivity contribution in [3.63, 3.8) is 0 Å². The van der Waals surface area contributed by atoms with Gasteiger partial charge in [-0.05, 0) is 54.8 Å². The molecule has 1 heterocycles. The molecule has 21 heavy (non-hydrogen) atoms. The molecule has 4 rings (SSSR count). The summed E-state index contributed by atoms with van der Waals surface area (Å²) in [5, 5.41) is 0. The monoisotopic (exact) mass is 277 g/mol. The van der Waals surface area contributed by atoms with Crippen LogP contribution in [0.15, 0.2) is 54.6 Å². The van der Waals surface area contributed by atoms with Crippen molar-refractivity contribution in [2.75, 3.05) is 13.1 Å². The first-order valence-electron chi connectivity index (χ1n) is 8.28. The summed E-state index contributed by atoms with van der Waals surface area (Å²) in [5.41, 5.74) is 4.69. The van der Waals surface area contributed by atoms with E-state index in [-0.39, 0.29) is 0 Å². The maximum Gasteiger partial charge on any atom is 0.0351 e. The van der Waals surface area contributed by atoms with E-state index in [1.54, 1.807) is 11.1 Å². The highest BCUT2D eigenvalue weighted by atomic mass is 15.2. The topological polar surface area (TPSA) is 3.24 Å². The van der Waals surface area contributed by atoms with Crippen LogP contribution in [0.25, 0.3) is 0 Å². The third-order valence-electron chi connectivity index (χ3n) is 5.27. The normalized spacial score (nSPS) is 25.7. The summed E-state index contributed by atoms with van der Waals surface area (Å²) in [5.74, 6) is 0.722. The Labute approximate surface area is 127 Å². The minimum Gasteiger partial charge on any atom is -0.296 e. The number of hydrogen-bond acceptors (Lipinski definition) is 1. The summed E-state index contributed by atoms with van der Waals surface area (Å²) in [6.45, 7) is 2.47. The van der Waals surface area contributed by atoms with E-state index in [0.29, 0.717) is 6.04 Å². The van der Waals surface area contributed by atoms with Gasteiger partial charge in [0.25, 0.3) is 0 Å². The van der Waals surface area contributed by atoms with Crippen LogP contribution in [0.5, 0.6) is 0 Å². The molecule has 2 atom stereocenters. The van der Waals surface area contributed by atoms with Gasteiger partial charge in [0.15, 0.2) is 0 Å². The number of hydrogen-bond donors (Lipinski definition) is 0. The minimum absolute atomic E-state index is 0.656. The zero-order chi connectivity index (χ0) is 14.1. The van der Waals surface area contributed by atoms with Crippen molar-refractivity contribution in [2.45, 2.75) is 37.6 Å². The molecule has 0 spiro atoms. The van der Waals surface area contributed by atoms with Crippen LogP contribution in [0, 0.1) is 0 Å². The first-order chi connectivity index (χ1) is 10.4. The van der Waals surface area contributed by atoms with Crippen molar-refractivity contribution < 1.29 is 0 Å². The molecule has 0 bridgehead atoms. The van der Waals surface area contributed by atoms with Gasteiger partial charge in [0, 0.05) is 12.6 Å². The van der Waals surface area contributed by atoms with Gasteiger partial charge in [-0.2, -0.15) is 0 Å². The lowest BCUT2D eigenvalue weighted by atomic mass is 9.87. The van der Waals surface area contributed by atoms with Crippen molar-refractivity contribution in [2.24, 2.45) is 0 Å².